The number of hydrogen-bond donors (Lipinski definition) is 1. The summed E-state index contributed by atoms with van der Waals surface area (Å²) in [7, 11) is 0. The molecule has 2 rings (SSSR count). The lowest BCUT2D eigenvalue weighted by Gasteiger charge is -2.07. The molecule has 2 nitrogen and oxygen atoms in total. The molecule has 90 valence electrons. The topological polar surface area (TPSA) is 49.8 Å². The van der Waals surface area contributed by atoms with Crippen molar-refractivity contribution in [1.82, 2.24) is 0 Å². The second-order valence-corrected chi connectivity index (χ2v) is 5.35. The minimum atomic E-state index is 0.528. The Balaban J connectivity index is 2.32. The Labute approximate surface area is 111 Å². The predicted octanol–water partition coefficient (Wildman–Crippen LogP) is 3.91. The average Bonchev–Trinajstić information content (AvgIpc) is 2.34. The van der Waals surface area contributed by atoms with E-state index >= 15 is 0 Å². The molecule has 0 aliphatic rings. The van der Waals surface area contributed by atoms with E-state index in [1.54, 1.807) is 17.8 Å². The maximum atomic E-state index is 8.84. The molecule has 0 saturated heterocycles. The molecule has 0 unspecified atom stereocenters. The predicted molar refractivity (Wildman–Crippen MR) is 75.6 cm³/mol. The van der Waals surface area contributed by atoms with Gasteiger partial charge in [-0.25, -0.2) is 0 Å². The van der Waals surface area contributed by atoms with Crippen molar-refractivity contribution >= 4 is 17.4 Å². The van der Waals surface area contributed by atoms with Gasteiger partial charge in [-0.1, -0.05) is 23.9 Å². The third kappa shape index (κ3) is 2.66. The summed E-state index contributed by atoms with van der Waals surface area (Å²) in [6, 6.07) is 14.0. The highest BCUT2D eigenvalue weighted by molar-refractivity contribution is 7.99. The first-order valence-corrected chi connectivity index (χ1v) is 6.46. The van der Waals surface area contributed by atoms with Crippen LogP contribution in [0.1, 0.15) is 16.7 Å². The lowest BCUT2D eigenvalue weighted by Crippen LogP contribution is -1.90. The van der Waals surface area contributed by atoms with Crippen LogP contribution in [0.3, 0.4) is 0 Å². The van der Waals surface area contributed by atoms with Gasteiger partial charge < -0.3 is 5.73 Å². The molecule has 0 saturated carbocycles. The van der Waals surface area contributed by atoms with E-state index in [0.29, 0.717) is 11.3 Å². The van der Waals surface area contributed by atoms with E-state index in [1.807, 2.05) is 12.1 Å². The normalized spacial score (nSPS) is 10.1. The smallest absolute Gasteiger partial charge is 0.101 e. The van der Waals surface area contributed by atoms with Crippen LogP contribution in [-0.4, -0.2) is 0 Å². The fourth-order valence-electron chi connectivity index (χ4n) is 1.65. The van der Waals surface area contributed by atoms with Crippen LogP contribution in [0.4, 0.5) is 5.69 Å². The minimum absolute atomic E-state index is 0.528. The van der Waals surface area contributed by atoms with Gasteiger partial charge in [0.2, 0.25) is 0 Å². The molecule has 0 bridgehead atoms. The zero-order valence-electron chi connectivity index (χ0n) is 10.4. The molecular formula is C15H14N2S. The van der Waals surface area contributed by atoms with Crippen LogP contribution in [0.15, 0.2) is 46.2 Å². The van der Waals surface area contributed by atoms with Crippen LogP contribution in [0.25, 0.3) is 0 Å². The summed E-state index contributed by atoms with van der Waals surface area (Å²) < 4.78 is 0. The second kappa shape index (κ2) is 5.16. The number of nitrogens with two attached hydrogens (primary N) is 1. The molecule has 3 heteroatoms. The number of nitrogen functional groups attached to an aromatic ring is 1. The highest BCUT2D eigenvalue weighted by Crippen LogP contribution is 2.32. The van der Waals surface area contributed by atoms with Crippen LogP contribution in [0.2, 0.25) is 0 Å². The Bertz CT molecular complexity index is 627. The number of rotatable bonds is 2. The fraction of sp³-hybridized carbons (Fsp3) is 0.133. The van der Waals surface area contributed by atoms with Crippen LogP contribution in [0, 0.1) is 25.2 Å². The molecule has 0 radical (unpaired) electrons. The largest absolute Gasteiger partial charge is 0.398 e. The summed E-state index contributed by atoms with van der Waals surface area (Å²) in [5, 5.41) is 8.84. The van der Waals surface area contributed by atoms with Crippen LogP contribution < -0.4 is 5.73 Å². The summed E-state index contributed by atoms with van der Waals surface area (Å²) in [6.07, 6.45) is 0. The van der Waals surface area contributed by atoms with Gasteiger partial charge in [0.25, 0.3) is 0 Å². The fourth-order valence-corrected chi connectivity index (χ4v) is 2.70. The number of hydrogen-bond acceptors (Lipinski definition) is 3. The first-order chi connectivity index (χ1) is 8.60. The summed E-state index contributed by atoms with van der Waals surface area (Å²) in [5.41, 5.74) is 9.37. The third-order valence-corrected chi connectivity index (χ3v) is 3.86. The monoisotopic (exact) mass is 254 g/mol. The van der Waals surface area contributed by atoms with Gasteiger partial charge in [0, 0.05) is 9.79 Å². The highest BCUT2D eigenvalue weighted by atomic mass is 32.2. The van der Waals surface area contributed by atoms with E-state index < -0.39 is 0 Å². The van der Waals surface area contributed by atoms with Gasteiger partial charge in [-0.2, -0.15) is 5.26 Å². The summed E-state index contributed by atoms with van der Waals surface area (Å²) in [4.78, 5) is 2.28. The molecule has 2 aromatic carbocycles. The lowest BCUT2D eigenvalue weighted by atomic mass is 10.2. The molecule has 0 atom stereocenters. The number of nitriles is 1. The van der Waals surface area contributed by atoms with E-state index in [0.717, 1.165) is 4.90 Å². The SMILES string of the molecule is Cc1ccc(C)c(Sc2ccc(C#N)c(N)c2)c1. The zero-order chi connectivity index (χ0) is 13.1. The first kappa shape index (κ1) is 12.5. The second-order valence-electron chi connectivity index (χ2n) is 4.23. The van der Waals surface area contributed by atoms with Gasteiger partial charge in [0.05, 0.1) is 11.3 Å². The molecule has 18 heavy (non-hydrogen) atoms. The molecule has 0 spiro atoms. The Morgan fingerprint density at radius 1 is 1.11 bits per heavy atom. The van der Waals surface area contributed by atoms with Gasteiger partial charge in [-0.05, 0) is 49.2 Å². The van der Waals surface area contributed by atoms with Crippen LogP contribution in [-0.2, 0) is 0 Å². The van der Waals surface area contributed by atoms with E-state index in [4.69, 9.17) is 11.0 Å². The van der Waals surface area contributed by atoms with Crippen molar-refractivity contribution in [3.8, 4) is 6.07 Å². The van der Waals surface area contributed by atoms with Gasteiger partial charge in [-0.15, -0.1) is 0 Å². The van der Waals surface area contributed by atoms with Crippen LogP contribution >= 0.6 is 11.8 Å². The van der Waals surface area contributed by atoms with Crippen molar-refractivity contribution in [2.75, 3.05) is 5.73 Å². The molecule has 0 fully saturated rings. The van der Waals surface area contributed by atoms with Crippen LogP contribution in [0.5, 0.6) is 0 Å². The van der Waals surface area contributed by atoms with Crippen molar-refractivity contribution in [3.63, 3.8) is 0 Å². The average molecular weight is 254 g/mol. The van der Waals surface area contributed by atoms with Crippen molar-refractivity contribution in [2.24, 2.45) is 0 Å². The lowest BCUT2D eigenvalue weighted by molar-refractivity contribution is 1.25. The molecule has 0 aromatic heterocycles. The van der Waals surface area contributed by atoms with Crippen molar-refractivity contribution in [1.29, 1.82) is 5.26 Å². The molecule has 0 aliphatic heterocycles. The zero-order valence-corrected chi connectivity index (χ0v) is 11.2. The summed E-state index contributed by atoms with van der Waals surface area (Å²) in [6.45, 7) is 4.17. The minimum Gasteiger partial charge on any atom is -0.398 e. The van der Waals surface area contributed by atoms with Crippen molar-refractivity contribution in [2.45, 2.75) is 23.6 Å². The Kier molecular flexibility index (Phi) is 3.59. The van der Waals surface area contributed by atoms with E-state index in [-0.39, 0.29) is 0 Å². The van der Waals surface area contributed by atoms with Gasteiger partial charge in [-0.3, -0.25) is 0 Å². The molecule has 2 N–H and O–H groups in total. The number of anilines is 1. The molecule has 2 aromatic rings. The molecular weight excluding hydrogens is 240 g/mol. The summed E-state index contributed by atoms with van der Waals surface area (Å²) in [5.74, 6) is 0. The van der Waals surface area contributed by atoms with Gasteiger partial charge in [0.1, 0.15) is 6.07 Å². The Morgan fingerprint density at radius 3 is 2.56 bits per heavy atom. The van der Waals surface area contributed by atoms with E-state index in [9.17, 15) is 0 Å². The third-order valence-electron chi connectivity index (χ3n) is 2.71. The van der Waals surface area contributed by atoms with Crippen molar-refractivity contribution < 1.29 is 0 Å². The first-order valence-electron chi connectivity index (χ1n) is 5.65. The molecule has 0 aliphatic carbocycles. The Hall–Kier alpha value is -1.92. The highest BCUT2D eigenvalue weighted by Gasteiger charge is 2.04. The Morgan fingerprint density at radius 2 is 1.89 bits per heavy atom. The quantitative estimate of drug-likeness (QED) is 0.827. The number of nitrogens with zero attached hydrogens (tertiary/aromatic N) is 1. The van der Waals surface area contributed by atoms with Gasteiger partial charge in [0.15, 0.2) is 0 Å². The summed E-state index contributed by atoms with van der Waals surface area (Å²) >= 11 is 1.67. The van der Waals surface area contributed by atoms with Crippen molar-refractivity contribution in [3.05, 3.63) is 53.1 Å². The maximum Gasteiger partial charge on any atom is 0.101 e. The van der Waals surface area contributed by atoms with Gasteiger partial charge >= 0.3 is 0 Å². The standard InChI is InChI=1S/C15H14N2S/c1-10-3-4-11(2)15(7-10)18-13-6-5-12(9-16)14(17)8-13/h3-8H,17H2,1-2H3. The van der Waals surface area contributed by atoms with E-state index in [2.05, 4.69) is 38.1 Å². The van der Waals surface area contributed by atoms with E-state index in [1.165, 1.54) is 16.0 Å². The molecule has 0 heterocycles. The molecule has 0 amide bonds. The number of benzene rings is 2. The maximum absolute atomic E-state index is 8.84. The number of aryl methyl sites for hydroxylation is 2.